The summed E-state index contributed by atoms with van der Waals surface area (Å²) in [5.74, 6) is -5.18. The van der Waals surface area contributed by atoms with Crippen LogP contribution in [0.25, 0.3) is 0 Å². The Bertz CT molecular complexity index is 1330. The van der Waals surface area contributed by atoms with E-state index in [1.54, 1.807) is 40.7 Å². The third-order valence-electron chi connectivity index (χ3n) is 10.4. The molecule has 2 saturated heterocycles. The third-order valence-corrected chi connectivity index (χ3v) is 10.7. The minimum absolute atomic E-state index is 0.00333. The smallest absolute Gasteiger partial charge is 0.311 e. The first-order chi connectivity index (χ1) is 22.7. The van der Waals surface area contributed by atoms with Crippen molar-refractivity contribution >= 4 is 29.2 Å². The number of aliphatic hydroxyl groups excluding tert-OH is 3. The van der Waals surface area contributed by atoms with Gasteiger partial charge in [0.25, 0.3) is 5.91 Å². The number of halogens is 1. The summed E-state index contributed by atoms with van der Waals surface area (Å²) in [5.41, 5.74) is -3.61. The molecule has 278 valence electrons. The Morgan fingerprint density at radius 1 is 1.12 bits per heavy atom. The summed E-state index contributed by atoms with van der Waals surface area (Å²) in [6.45, 7) is 12.4. The van der Waals surface area contributed by atoms with Crippen LogP contribution in [-0.2, 0) is 19.0 Å². The van der Waals surface area contributed by atoms with E-state index in [2.05, 4.69) is 10.1 Å². The molecule has 2 fully saturated rings. The highest BCUT2D eigenvalue weighted by molar-refractivity contribution is 6.32. The van der Waals surface area contributed by atoms with E-state index in [1.165, 1.54) is 45.0 Å². The summed E-state index contributed by atoms with van der Waals surface area (Å²) in [6.07, 6.45) is -7.18. The topological polar surface area (TPSA) is 212 Å². The first-order valence-electron chi connectivity index (χ1n) is 16.8. The monoisotopic (exact) mass is 715 g/mol. The normalized spacial score (nSPS) is 42.3. The number of aliphatic hydroxyl groups is 5. The van der Waals surface area contributed by atoms with Crippen LogP contribution in [-0.4, -0.2) is 125 Å². The van der Waals surface area contributed by atoms with Crippen molar-refractivity contribution in [3.8, 4) is 0 Å². The van der Waals surface area contributed by atoms with Gasteiger partial charge in [-0.2, -0.15) is 0 Å². The summed E-state index contributed by atoms with van der Waals surface area (Å²) in [4.78, 5) is 32.1. The number of amides is 1. The molecule has 0 bridgehead atoms. The number of esters is 1. The molecule has 2 aliphatic heterocycles. The number of likely N-dealkylation sites (N-methyl/N-ethyl adjacent to an activating group) is 1. The number of aromatic nitrogens is 1. The fraction of sp³-hybridized carbons (Fsp3) is 0.765. The van der Waals surface area contributed by atoms with Crippen LogP contribution in [0.3, 0.4) is 0 Å². The van der Waals surface area contributed by atoms with Crippen LogP contribution in [0.15, 0.2) is 23.5 Å². The van der Waals surface area contributed by atoms with Crippen LogP contribution < -0.4 is 0 Å². The van der Waals surface area contributed by atoms with Crippen molar-refractivity contribution in [2.75, 3.05) is 7.05 Å². The molecule has 14 atom stereocenters. The Hall–Kier alpha value is -2.43. The maximum Gasteiger partial charge on any atom is 0.311 e. The summed E-state index contributed by atoms with van der Waals surface area (Å²) in [6, 6.07) is 2.28. The Balaban J connectivity index is 2.03. The second-order valence-corrected chi connectivity index (χ2v) is 14.7. The van der Waals surface area contributed by atoms with Crippen molar-refractivity contribution in [1.29, 1.82) is 0 Å². The fourth-order valence-electron chi connectivity index (χ4n) is 7.37. The quantitative estimate of drug-likeness (QED) is 0.112. The number of hydrogen-bond acceptors (Lipinski definition) is 13. The number of carbonyl (C=O) groups is 2. The van der Waals surface area contributed by atoms with Crippen LogP contribution in [0.2, 0.25) is 5.15 Å². The molecule has 6 N–H and O–H groups in total. The number of cyclic esters (lactones) is 1. The Kier molecular flexibility index (Phi) is 13.6. The molecule has 0 aromatic carbocycles. The maximum atomic E-state index is 13.4. The number of rotatable bonds is 5. The van der Waals surface area contributed by atoms with Crippen molar-refractivity contribution in [3.05, 3.63) is 29.0 Å². The zero-order chi connectivity index (χ0) is 37.2. The fourth-order valence-corrected chi connectivity index (χ4v) is 7.57. The van der Waals surface area contributed by atoms with Crippen LogP contribution in [0.5, 0.6) is 0 Å². The number of pyridine rings is 1. The van der Waals surface area contributed by atoms with Crippen LogP contribution in [0, 0.1) is 23.7 Å². The van der Waals surface area contributed by atoms with Gasteiger partial charge in [-0.15, -0.1) is 0 Å². The number of nitrogens with zero attached hydrogens (tertiary/aromatic N) is 3. The standard InChI is InChI=1S/C34H54ClN3O11/c1-10-23-34(8,45)27(41)18(4)24(37-46)16(2)15-33(7,44)28(19(5)25(39)20(6)31(43)48-23)49-32-26(40)22(14-17(3)47-32)38(9)30(42)21-12-11-13-36-29(21)35/h11-13,16-20,22-23,25-28,32,39-41,44-46H,10,14-15H2,1-9H3/b37-24+/t16-,17-,18+,19+,20-,22+,23-,25+,26-,27-,28-,32+,33?,34-/m1/s1. The van der Waals surface area contributed by atoms with Crippen molar-refractivity contribution in [2.45, 2.75) is 135 Å². The molecule has 3 rings (SSSR count). The molecule has 1 aromatic rings. The number of oxime groups is 1. The molecule has 0 radical (unpaired) electrons. The van der Waals surface area contributed by atoms with Crippen molar-refractivity contribution in [1.82, 2.24) is 9.88 Å². The summed E-state index contributed by atoms with van der Waals surface area (Å²) in [5, 5.41) is 71.4. The lowest BCUT2D eigenvalue weighted by Crippen LogP contribution is -2.60. The highest BCUT2D eigenvalue weighted by atomic mass is 35.5. The van der Waals surface area contributed by atoms with E-state index >= 15 is 0 Å². The zero-order valence-corrected chi connectivity index (χ0v) is 30.5. The molecular weight excluding hydrogens is 662 g/mol. The third kappa shape index (κ3) is 8.73. The predicted octanol–water partition coefficient (Wildman–Crippen LogP) is 2.38. The van der Waals surface area contributed by atoms with Crippen LogP contribution >= 0.6 is 11.6 Å². The van der Waals surface area contributed by atoms with Gasteiger partial charge in [-0.05, 0) is 59.1 Å². The van der Waals surface area contributed by atoms with Gasteiger partial charge in [-0.1, -0.05) is 44.5 Å². The Labute approximate surface area is 293 Å². The molecule has 0 spiro atoms. The lowest BCUT2D eigenvalue weighted by molar-refractivity contribution is -0.298. The number of hydrogen-bond donors (Lipinski definition) is 6. The van der Waals surface area contributed by atoms with E-state index in [0.29, 0.717) is 0 Å². The number of carbonyl (C=O) groups excluding carboxylic acids is 2. The van der Waals surface area contributed by atoms with Gasteiger partial charge < -0.3 is 49.9 Å². The second kappa shape index (κ2) is 16.3. The summed E-state index contributed by atoms with van der Waals surface area (Å²) < 4.78 is 18.1. The predicted molar refractivity (Wildman–Crippen MR) is 179 cm³/mol. The largest absolute Gasteiger partial charge is 0.459 e. The first-order valence-corrected chi connectivity index (χ1v) is 17.2. The van der Waals surface area contributed by atoms with Crippen LogP contribution in [0.4, 0.5) is 0 Å². The van der Waals surface area contributed by atoms with Gasteiger partial charge in [0.2, 0.25) is 0 Å². The minimum atomic E-state index is -1.97. The van der Waals surface area contributed by atoms with Gasteiger partial charge in [0.15, 0.2) is 6.29 Å². The molecule has 2 aliphatic rings. The average molecular weight is 716 g/mol. The Morgan fingerprint density at radius 2 is 1.76 bits per heavy atom. The van der Waals surface area contributed by atoms with Gasteiger partial charge >= 0.3 is 5.97 Å². The highest BCUT2D eigenvalue weighted by Gasteiger charge is 2.51. The average Bonchev–Trinajstić information content (AvgIpc) is 3.04. The molecular formula is C34H54ClN3O11. The van der Waals surface area contributed by atoms with Gasteiger partial charge in [0, 0.05) is 31.0 Å². The first kappa shape index (κ1) is 41.0. The number of ether oxygens (including phenoxy) is 3. The SMILES string of the molecule is CC[C@H]1OC(=O)[C@H](C)[C@@H](O)[C@H](C)[C@@H](O[C@@H]2O[C@H](C)C[C@H](N(C)C(=O)c3cccnc3Cl)[C@H]2O)C(C)(O)C[C@@H](C)/C(=N\O)[C@H](C)[C@@H](O)[C@]1(C)O. The molecule has 15 heteroatoms. The Morgan fingerprint density at radius 3 is 2.33 bits per heavy atom. The molecule has 1 unspecified atom stereocenters. The molecule has 3 heterocycles. The van der Waals surface area contributed by atoms with Gasteiger partial charge in [-0.3, -0.25) is 9.59 Å². The minimum Gasteiger partial charge on any atom is -0.459 e. The molecule has 1 aromatic heterocycles. The van der Waals surface area contributed by atoms with E-state index in [4.69, 9.17) is 25.8 Å². The van der Waals surface area contributed by atoms with Crippen molar-refractivity contribution < 1.29 is 54.5 Å². The lowest BCUT2D eigenvalue weighted by atomic mass is 9.73. The van der Waals surface area contributed by atoms with E-state index in [-0.39, 0.29) is 35.7 Å². The molecule has 1 amide bonds. The highest BCUT2D eigenvalue weighted by Crippen LogP contribution is 2.38. The van der Waals surface area contributed by atoms with Gasteiger partial charge in [0.1, 0.15) is 23.0 Å². The zero-order valence-electron chi connectivity index (χ0n) is 29.7. The van der Waals surface area contributed by atoms with Crippen LogP contribution in [0.1, 0.15) is 85.0 Å². The second-order valence-electron chi connectivity index (χ2n) is 14.3. The summed E-state index contributed by atoms with van der Waals surface area (Å²) >= 11 is 6.18. The molecule has 0 aliphatic carbocycles. The lowest BCUT2D eigenvalue weighted by Gasteiger charge is -2.47. The molecule has 0 saturated carbocycles. The molecule has 49 heavy (non-hydrogen) atoms. The van der Waals surface area contributed by atoms with Crippen molar-refractivity contribution in [3.63, 3.8) is 0 Å². The van der Waals surface area contributed by atoms with E-state index in [0.717, 1.165) is 0 Å². The van der Waals surface area contributed by atoms with Gasteiger partial charge in [-0.25, -0.2) is 4.98 Å². The van der Waals surface area contributed by atoms with Gasteiger partial charge in [0.05, 0.1) is 53.3 Å². The van der Waals surface area contributed by atoms with E-state index < -0.39 is 95.7 Å². The summed E-state index contributed by atoms with van der Waals surface area (Å²) in [7, 11) is 1.51. The maximum absolute atomic E-state index is 13.4. The molecule has 14 nitrogen and oxygen atoms in total. The van der Waals surface area contributed by atoms with E-state index in [1.807, 2.05) is 0 Å². The van der Waals surface area contributed by atoms with E-state index in [9.17, 15) is 40.3 Å². The van der Waals surface area contributed by atoms with Crippen molar-refractivity contribution in [2.24, 2.45) is 28.8 Å².